The number of benzene rings is 1. The quantitative estimate of drug-likeness (QED) is 0.370. The first-order chi connectivity index (χ1) is 10.7. The van der Waals surface area contributed by atoms with Crippen molar-refractivity contribution in [2.75, 3.05) is 19.7 Å². The van der Waals surface area contributed by atoms with E-state index in [1.807, 2.05) is 19.1 Å². The Kier molecular flexibility index (Phi) is 10.3. The second kappa shape index (κ2) is 11.3. The van der Waals surface area contributed by atoms with Crippen LogP contribution >= 0.6 is 47.2 Å². The average molecular weight is 472 g/mol. The molecule has 1 aromatic rings. The molecule has 1 atom stereocenters. The summed E-state index contributed by atoms with van der Waals surface area (Å²) in [5, 5.41) is 7.86. The number of nitrogens with zero attached hydrogens (tertiary/aromatic N) is 1. The zero-order valence-electron chi connectivity index (χ0n) is 13.3. The monoisotopic (exact) mass is 471 g/mol. The van der Waals surface area contributed by atoms with Crippen molar-refractivity contribution >= 4 is 53.1 Å². The molecule has 1 fully saturated rings. The van der Waals surface area contributed by atoms with Gasteiger partial charge in [0.1, 0.15) is 0 Å². The van der Waals surface area contributed by atoms with Crippen LogP contribution < -0.4 is 10.6 Å². The Hall–Kier alpha value is -0.240. The van der Waals surface area contributed by atoms with Crippen LogP contribution in [0.4, 0.5) is 0 Å². The molecular formula is C16H24Cl2IN3O. The molecule has 1 saturated heterocycles. The van der Waals surface area contributed by atoms with Crippen LogP contribution in [0, 0.1) is 0 Å². The Morgan fingerprint density at radius 2 is 2.17 bits per heavy atom. The standard InChI is InChI=1S/C16H23Cl2N3O.HI/c1-2-19-16(20-8-7-14-4-3-9-22-14)21-11-12-5-6-13(17)10-15(12)18;/h5-6,10,14H,2-4,7-9,11H2,1H3,(H2,19,20,21);1H. The lowest BCUT2D eigenvalue weighted by atomic mass is 10.2. The van der Waals surface area contributed by atoms with E-state index < -0.39 is 0 Å². The van der Waals surface area contributed by atoms with Crippen molar-refractivity contribution in [3.63, 3.8) is 0 Å². The molecule has 4 nitrogen and oxygen atoms in total. The minimum atomic E-state index is 0. The van der Waals surface area contributed by atoms with E-state index in [0.717, 1.165) is 44.1 Å². The van der Waals surface area contributed by atoms with E-state index in [1.54, 1.807) is 6.07 Å². The number of rotatable bonds is 6. The second-order valence-electron chi connectivity index (χ2n) is 5.28. The molecule has 1 unspecified atom stereocenters. The highest BCUT2D eigenvalue weighted by molar-refractivity contribution is 14.0. The smallest absolute Gasteiger partial charge is 0.191 e. The molecule has 1 aliphatic heterocycles. The largest absolute Gasteiger partial charge is 0.378 e. The van der Waals surface area contributed by atoms with Gasteiger partial charge in [-0.05, 0) is 43.9 Å². The van der Waals surface area contributed by atoms with Crippen LogP contribution in [0.5, 0.6) is 0 Å². The van der Waals surface area contributed by atoms with Crippen molar-refractivity contribution in [1.82, 2.24) is 10.6 Å². The van der Waals surface area contributed by atoms with Crippen LogP contribution in [-0.4, -0.2) is 31.8 Å². The number of aliphatic imine (C=N–C) groups is 1. The lowest BCUT2D eigenvalue weighted by Gasteiger charge is -2.14. The van der Waals surface area contributed by atoms with E-state index in [-0.39, 0.29) is 24.0 Å². The molecule has 1 aromatic carbocycles. The minimum Gasteiger partial charge on any atom is -0.378 e. The molecule has 2 N–H and O–H groups in total. The van der Waals surface area contributed by atoms with Crippen molar-refractivity contribution < 1.29 is 4.74 Å². The van der Waals surface area contributed by atoms with Gasteiger partial charge in [-0.1, -0.05) is 29.3 Å². The Labute approximate surface area is 165 Å². The highest BCUT2D eigenvalue weighted by Crippen LogP contribution is 2.21. The number of ether oxygens (including phenoxy) is 1. The first-order valence-electron chi connectivity index (χ1n) is 7.76. The lowest BCUT2D eigenvalue weighted by Crippen LogP contribution is -2.38. The minimum absolute atomic E-state index is 0. The first-order valence-corrected chi connectivity index (χ1v) is 8.52. The summed E-state index contributed by atoms with van der Waals surface area (Å²) >= 11 is 12.1. The fourth-order valence-corrected chi connectivity index (χ4v) is 2.85. The number of hydrogen-bond donors (Lipinski definition) is 2. The molecule has 0 amide bonds. The molecule has 0 spiro atoms. The molecule has 2 rings (SSSR count). The van der Waals surface area contributed by atoms with Gasteiger partial charge in [-0.25, -0.2) is 4.99 Å². The van der Waals surface area contributed by atoms with Crippen molar-refractivity contribution in [1.29, 1.82) is 0 Å². The normalized spacial score (nSPS) is 17.7. The SMILES string of the molecule is CCNC(=NCc1ccc(Cl)cc1Cl)NCCC1CCCO1.I. The number of nitrogens with one attached hydrogen (secondary N) is 2. The van der Waals surface area contributed by atoms with Crippen LogP contribution in [0.15, 0.2) is 23.2 Å². The molecule has 7 heteroatoms. The summed E-state index contributed by atoms with van der Waals surface area (Å²) in [6, 6.07) is 5.48. The summed E-state index contributed by atoms with van der Waals surface area (Å²) in [5.74, 6) is 0.798. The molecule has 0 aromatic heterocycles. The van der Waals surface area contributed by atoms with Crippen LogP contribution in [0.2, 0.25) is 10.0 Å². The van der Waals surface area contributed by atoms with E-state index in [0.29, 0.717) is 22.7 Å². The van der Waals surface area contributed by atoms with E-state index in [2.05, 4.69) is 15.6 Å². The van der Waals surface area contributed by atoms with E-state index in [1.165, 1.54) is 6.42 Å². The summed E-state index contributed by atoms with van der Waals surface area (Å²) < 4.78 is 5.62. The summed E-state index contributed by atoms with van der Waals surface area (Å²) in [4.78, 5) is 4.56. The number of halogens is 3. The zero-order valence-corrected chi connectivity index (χ0v) is 17.1. The average Bonchev–Trinajstić information content (AvgIpc) is 2.99. The van der Waals surface area contributed by atoms with Crippen LogP contribution in [0.1, 0.15) is 31.7 Å². The van der Waals surface area contributed by atoms with Crippen molar-refractivity contribution in [3.05, 3.63) is 33.8 Å². The van der Waals surface area contributed by atoms with E-state index in [4.69, 9.17) is 27.9 Å². The Bertz CT molecular complexity index is 508. The van der Waals surface area contributed by atoms with E-state index >= 15 is 0 Å². The highest BCUT2D eigenvalue weighted by atomic mass is 127. The molecule has 0 aliphatic carbocycles. The fourth-order valence-electron chi connectivity index (χ4n) is 2.38. The fraction of sp³-hybridized carbons (Fsp3) is 0.562. The number of guanidine groups is 1. The van der Waals surface area contributed by atoms with Gasteiger partial charge in [0, 0.05) is 29.7 Å². The van der Waals surface area contributed by atoms with Gasteiger partial charge in [0.2, 0.25) is 0 Å². The van der Waals surface area contributed by atoms with Gasteiger partial charge in [0.05, 0.1) is 12.6 Å². The molecule has 130 valence electrons. The lowest BCUT2D eigenvalue weighted by molar-refractivity contribution is 0.105. The molecule has 0 bridgehead atoms. The maximum absolute atomic E-state index is 6.17. The Morgan fingerprint density at radius 1 is 1.35 bits per heavy atom. The predicted octanol–water partition coefficient (Wildman–Crippen LogP) is 4.24. The Morgan fingerprint density at radius 3 is 2.83 bits per heavy atom. The van der Waals surface area contributed by atoms with Crippen LogP contribution in [0.3, 0.4) is 0 Å². The van der Waals surface area contributed by atoms with Crippen molar-refractivity contribution in [3.8, 4) is 0 Å². The summed E-state index contributed by atoms with van der Waals surface area (Å²) in [6.07, 6.45) is 3.73. The van der Waals surface area contributed by atoms with Gasteiger partial charge in [-0.2, -0.15) is 0 Å². The van der Waals surface area contributed by atoms with Crippen LogP contribution in [0.25, 0.3) is 0 Å². The maximum Gasteiger partial charge on any atom is 0.191 e. The van der Waals surface area contributed by atoms with Gasteiger partial charge >= 0.3 is 0 Å². The predicted molar refractivity (Wildman–Crippen MR) is 108 cm³/mol. The summed E-state index contributed by atoms with van der Waals surface area (Å²) in [5.41, 5.74) is 0.961. The van der Waals surface area contributed by atoms with Crippen LogP contribution in [-0.2, 0) is 11.3 Å². The molecule has 1 aliphatic rings. The summed E-state index contributed by atoms with van der Waals surface area (Å²) in [7, 11) is 0. The Balaban J connectivity index is 0.00000264. The maximum atomic E-state index is 6.17. The molecule has 0 saturated carbocycles. The third kappa shape index (κ3) is 7.45. The third-order valence-electron chi connectivity index (χ3n) is 3.55. The highest BCUT2D eigenvalue weighted by Gasteiger charge is 2.14. The van der Waals surface area contributed by atoms with Crippen molar-refractivity contribution in [2.45, 2.75) is 38.8 Å². The molecule has 1 heterocycles. The van der Waals surface area contributed by atoms with Gasteiger partial charge < -0.3 is 15.4 Å². The topological polar surface area (TPSA) is 45.7 Å². The molecular weight excluding hydrogens is 448 g/mol. The first kappa shape index (κ1) is 20.8. The zero-order chi connectivity index (χ0) is 15.8. The van der Waals surface area contributed by atoms with Gasteiger partial charge in [0.15, 0.2) is 5.96 Å². The number of hydrogen-bond acceptors (Lipinski definition) is 2. The molecule has 0 radical (unpaired) electrons. The van der Waals surface area contributed by atoms with E-state index in [9.17, 15) is 0 Å². The third-order valence-corrected chi connectivity index (χ3v) is 4.14. The molecule has 23 heavy (non-hydrogen) atoms. The van der Waals surface area contributed by atoms with Gasteiger partial charge in [-0.15, -0.1) is 24.0 Å². The van der Waals surface area contributed by atoms with Gasteiger partial charge in [-0.3, -0.25) is 0 Å². The van der Waals surface area contributed by atoms with Crippen molar-refractivity contribution in [2.24, 2.45) is 4.99 Å². The second-order valence-corrected chi connectivity index (χ2v) is 6.13. The summed E-state index contributed by atoms with van der Waals surface area (Å²) in [6.45, 7) is 5.14. The van der Waals surface area contributed by atoms with Gasteiger partial charge in [0.25, 0.3) is 0 Å².